The first kappa shape index (κ1) is 15.1. The van der Waals surface area contributed by atoms with Gasteiger partial charge < -0.3 is 15.3 Å². The van der Waals surface area contributed by atoms with Crippen molar-refractivity contribution in [3.63, 3.8) is 0 Å². The van der Waals surface area contributed by atoms with Crippen molar-refractivity contribution in [2.45, 2.75) is 57.9 Å². The van der Waals surface area contributed by atoms with Crippen molar-refractivity contribution in [1.82, 2.24) is 10.2 Å². The van der Waals surface area contributed by atoms with Gasteiger partial charge in [0.1, 0.15) is 0 Å². The molecule has 0 aromatic heterocycles. The molecule has 1 saturated carbocycles. The Labute approximate surface area is 120 Å². The van der Waals surface area contributed by atoms with E-state index in [0.29, 0.717) is 12.5 Å². The maximum Gasteiger partial charge on any atom is 0.317 e. The molecule has 5 nitrogen and oxygen atoms in total. The molecule has 2 fully saturated rings. The van der Waals surface area contributed by atoms with Crippen molar-refractivity contribution < 1.29 is 14.7 Å². The molecule has 5 heteroatoms. The fourth-order valence-electron chi connectivity index (χ4n) is 3.38. The van der Waals surface area contributed by atoms with E-state index in [9.17, 15) is 9.59 Å². The minimum Gasteiger partial charge on any atom is -0.481 e. The molecule has 2 rings (SSSR count). The zero-order chi connectivity index (χ0) is 14.5. The number of amides is 2. The summed E-state index contributed by atoms with van der Waals surface area (Å²) < 4.78 is 0. The van der Waals surface area contributed by atoms with Crippen LogP contribution in [0.1, 0.15) is 51.9 Å². The van der Waals surface area contributed by atoms with E-state index in [1.165, 1.54) is 25.7 Å². The van der Waals surface area contributed by atoms with Gasteiger partial charge in [-0.2, -0.15) is 0 Å². The second-order valence-corrected chi connectivity index (χ2v) is 6.40. The van der Waals surface area contributed by atoms with Crippen molar-refractivity contribution in [3.8, 4) is 0 Å². The van der Waals surface area contributed by atoms with Gasteiger partial charge in [-0.1, -0.05) is 19.8 Å². The third-order valence-electron chi connectivity index (χ3n) is 4.73. The number of nitrogens with one attached hydrogen (secondary N) is 1. The van der Waals surface area contributed by atoms with Gasteiger partial charge in [0.15, 0.2) is 0 Å². The number of carbonyl (C=O) groups excluding carboxylic acids is 1. The standard InChI is InChI=1S/C15H26N2O3/c1-11-4-6-12(7-5-11)10-16-15(20)17-8-2-3-13(17)9-14(18)19/h11-13H,2-10H2,1H3,(H,16,20)(H,18,19). The van der Waals surface area contributed by atoms with E-state index in [4.69, 9.17) is 5.11 Å². The van der Waals surface area contributed by atoms with Gasteiger partial charge in [-0.15, -0.1) is 0 Å². The molecule has 1 atom stereocenters. The molecule has 0 radical (unpaired) electrons. The molecule has 0 spiro atoms. The Hall–Kier alpha value is -1.26. The molecule has 0 bridgehead atoms. The number of rotatable bonds is 4. The van der Waals surface area contributed by atoms with Crippen molar-refractivity contribution >= 4 is 12.0 Å². The molecule has 1 unspecified atom stereocenters. The van der Waals surface area contributed by atoms with Crippen molar-refractivity contribution in [3.05, 3.63) is 0 Å². The SMILES string of the molecule is CC1CCC(CNC(=O)N2CCCC2CC(=O)O)CC1. The summed E-state index contributed by atoms with van der Waals surface area (Å²) >= 11 is 0. The van der Waals surface area contributed by atoms with E-state index in [1.54, 1.807) is 4.90 Å². The highest BCUT2D eigenvalue weighted by molar-refractivity contribution is 5.76. The molecule has 1 aliphatic heterocycles. The number of aliphatic carboxylic acids is 1. The fourth-order valence-corrected chi connectivity index (χ4v) is 3.38. The minimum atomic E-state index is -0.823. The molecule has 1 saturated heterocycles. The van der Waals surface area contributed by atoms with Crippen LogP contribution in [-0.2, 0) is 4.79 Å². The van der Waals surface area contributed by atoms with Crippen LogP contribution >= 0.6 is 0 Å². The van der Waals surface area contributed by atoms with Gasteiger partial charge in [0, 0.05) is 19.1 Å². The lowest BCUT2D eigenvalue weighted by molar-refractivity contribution is -0.137. The number of nitrogens with zero attached hydrogens (tertiary/aromatic N) is 1. The maximum absolute atomic E-state index is 12.2. The van der Waals surface area contributed by atoms with Crippen LogP contribution in [0.4, 0.5) is 4.79 Å². The Kier molecular flexibility index (Phi) is 5.26. The summed E-state index contributed by atoms with van der Waals surface area (Å²) in [7, 11) is 0. The fraction of sp³-hybridized carbons (Fsp3) is 0.867. The van der Waals surface area contributed by atoms with Crippen LogP contribution in [0.25, 0.3) is 0 Å². The summed E-state index contributed by atoms with van der Waals surface area (Å²) in [6.45, 7) is 3.71. The first-order valence-corrected chi connectivity index (χ1v) is 7.82. The number of carbonyl (C=O) groups is 2. The van der Waals surface area contributed by atoms with E-state index in [2.05, 4.69) is 12.2 Å². The van der Waals surface area contributed by atoms with Gasteiger partial charge in [0.2, 0.25) is 0 Å². The van der Waals surface area contributed by atoms with E-state index < -0.39 is 5.97 Å². The lowest BCUT2D eigenvalue weighted by atomic mass is 9.83. The molecule has 1 heterocycles. The molecule has 2 N–H and O–H groups in total. The van der Waals surface area contributed by atoms with Crippen LogP contribution in [0.15, 0.2) is 0 Å². The van der Waals surface area contributed by atoms with Crippen LogP contribution in [0.2, 0.25) is 0 Å². The first-order chi connectivity index (χ1) is 9.56. The predicted octanol–water partition coefficient (Wildman–Crippen LogP) is 2.46. The van der Waals surface area contributed by atoms with Gasteiger partial charge in [0.25, 0.3) is 0 Å². The summed E-state index contributed by atoms with van der Waals surface area (Å²) in [5, 5.41) is 11.9. The van der Waals surface area contributed by atoms with E-state index in [1.807, 2.05) is 0 Å². The van der Waals surface area contributed by atoms with E-state index in [-0.39, 0.29) is 18.5 Å². The average Bonchev–Trinajstić information content (AvgIpc) is 2.85. The second-order valence-electron chi connectivity index (χ2n) is 6.40. The molecular formula is C15H26N2O3. The molecule has 0 aromatic carbocycles. The lowest BCUT2D eigenvalue weighted by Gasteiger charge is -2.28. The highest BCUT2D eigenvalue weighted by Gasteiger charge is 2.30. The molecule has 2 amide bonds. The summed E-state index contributed by atoms with van der Waals surface area (Å²) in [6.07, 6.45) is 6.68. The lowest BCUT2D eigenvalue weighted by Crippen LogP contribution is -2.45. The Morgan fingerprint density at radius 3 is 2.55 bits per heavy atom. The van der Waals surface area contributed by atoms with Crippen LogP contribution < -0.4 is 5.32 Å². The number of hydrogen-bond acceptors (Lipinski definition) is 2. The molecule has 2 aliphatic rings. The summed E-state index contributed by atoms with van der Waals surface area (Å²) in [4.78, 5) is 24.7. The van der Waals surface area contributed by atoms with Crippen LogP contribution in [0.5, 0.6) is 0 Å². The summed E-state index contributed by atoms with van der Waals surface area (Å²) in [5.74, 6) is 0.590. The molecule has 1 aliphatic carbocycles. The van der Waals surface area contributed by atoms with Crippen molar-refractivity contribution in [2.24, 2.45) is 11.8 Å². The zero-order valence-corrected chi connectivity index (χ0v) is 12.3. The molecule has 0 aromatic rings. The third-order valence-corrected chi connectivity index (χ3v) is 4.73. The van der Waals surface area contributed by atoms with Crippen molar-refractivity contribution in [2.75, 3.05) is 13.1 Å². The molecule has 20 heavy (non-hydrogen) atoms. The monoisotopic (exact) mass is 282 g/mol. The van der Waals surface area contributed by atoms with Gasteiger partial charge >= 0.3 is 12.0 Å². The smallest absolute Gasteiger partial charge is 0.317 e. The quantitative estimate of drug-likeness (QED) is 0.832. The third kappa shape index (κ3) is 4.12. The largest absolute Gasteiger partial charge is 0.481 e. The topological polar surface area (TPSA) is 69.6 Å². The second kappa shape index (κ2) is 6.95. The van der Waals surface area contributed by atoms with Crippen LogP contribution in [-0.4, -0.2) is 41.1 Å². The number of carboxylic acids is 1. The van der Waals surface area contributed by atoms with Gasteiger partial charge in [-0.25, -0.2) is 4.79 Å². The van der Waals surface area contributed by atoms with E-state index >= 15 is 0 Å². The number of hydrogen-bond donors (Lipinski definition) is 2. The Bertz CT molecular complexity index is 351. The van der Waals surface area contributed by atoms with Gasteiger partial charge in [-0.3, -0.25) is 4.79 Å². The predicted molar refractivity (Wildman–Crippen MR) is 76.5 cm³/mol. The summed E-state index contributed by atoms with van der Waals surface area (Å²) in [6, 6.07) is -0.203. The average molecular weight is 282 g/mol. The zero-order valence-electron chi connectivity index (χ0n) is 12.3. The molecular weight excluding hydrogens is 256 g/mol. The Morgan fingerprint density at radius 1 is 1.20 bits per heavy atom. The highest BCUT2D eigenvalue weighted by atomic mass is 16.4. The Balaban J connectivity index is 1.75. The maximum atomic E-state index is 12.2. The van der Waals surface area contributed by atoms with Crippen LogP contribution in [0, 0.1) is 11.8 Å². The summed E-state index contributed by atoms with van der Waals surface area (Å²) in [5.41, 5.74) is 0. The number of likely N-dealkylation sites (tertiary alicyclic amines) is 1. The number of carboxylic acid groups (broad SMARTS) is 1. The minimum absolute atomic E-state index is 0.0639. The number of urea groups is 1. The van der Waals surface area contributed by atoms with Gasteiger partial charge in [-0.05, 0) is 37.5 Å². The van der Waals surface area contributed by atoms with E-state index in [0.717, 1.165) is 25.3 Å². The normalized spacial score (nSPS) is 30.2. The van der Waals surface area contributed by atoms with Crippen molar-refractivity contribution in [1.29, 1.82) is 0 Å². The van der Waals surface area contributed by atoms with Crippen LogP contribution in [0.3, 0.4) is 0 Å². The first-order valence-electron chi connectivity index (χ1n) is 7.82. The van der Waals surface area contributed by atoms with Gasteiger partial charge in [0.05, 0.1) is 6.42 Å². The Morgan fingerprint density at radius 2 is 1.90 bits per heavy atom. The molecule has 114 valence electrons. The highest BCUT2D eigenvalue weighted by Crippen LogP contribution is 2.28.